The van der Waals surface area contributed by atoms with Gasteiger partial charge in [0.05, 0.1) is 5.71 Å². The number of allylic oxidation sites excluding steroid dienone is 2. The van der Waals surface area contributed by atoms with Gasteiger partial charge in [-0.25, -0.2) is 5.43 Å². The van der Waals surface area contributed by atoms with Crippen molar-refractivity contribution < 1.29 is 4.79 Å². The Hall–Kier alpha value is -2.17. The zero-order valence-electron chi connectivity index (χ0n) is 12.7. The van der Waals surface area contributed by atoms with E-state index in [0.717, 1.165) is 18.6 Å². The maximum Gasteiger partial charge on any atom is 0.260 e. The van der Waals surface area contributed by atoms with E-state index in [1.807, 2.05) is 6.08 Å². The summed E-state index contributed by atoms with van der Waals surface area (Å²) in [6.45, 7) is 6.42. The Morgan fingerprint density at radius 2 is 2.14 bits per heavy atom. The summed E-state index contributed by atoms with van der Waals surface area (Å²) in [4.78, 5) is 23.4. The van der Waals surface area contributed by atoms with Crippen LogP contribution in [0, 0.1) is 5.41 Å². The van der Waals surface area contributed by atoms with Crippen molar-refractivity contribution in [3.8, 4) is 0 Å². The molecule has 0 radical (unpaired) electrons. The molecule has 0 fully saturated rings. The van der Waals surface area contributed by atoms with Crippen LogP contribution in [-0.2, 0) is 11.3 Å². The predicted molar refractivity (Wildman–Crippen MR) is 83.1 cm³/mol. The lowest BCUT2D eigenvalue weighted by atomic mass is 9.77. The average molecular weight is 287 g/mol. The van der Waals surface area contributed by atoms with Crippen molar-refractivity contribution in [2.24, 2.45) is 10.5 Å². The van der Waals surface area contributed by atoms with Gasteiger partial charge in [0.2, 0.25) is 0 Å². The molecule has 21 heavy (non-hydrogen) atoms. The van der Waals surface area contributed by atoms with Gasteiger partial charge in [-0.15, -0.1) is 0 Å². The molecule has 1 aliphatic rings. The minimum Gasteiger partial charge on any atom is -0.306 e. The van der Waals surface area contributed by atoms with Gasteiger partial charge in [-0.2, -0.15) is 5.10 Å². The maximum atomic E-state index is 11.9. The number of nitrogens with zero attached hydrogens (tertiary/aromatic N) is 2. The van der Waals surface area contributed by atoms with Gasteiger partial charge in [0.25, 0.3) is 11.5 Å². The molecule has 0 bridgehead atoms. The zero-order chi connectivity index (χ0) is 15.5. The van der Waals surface area contributed by atoms with Crippen LogP contribution in [0.25, 0.3) is 0 Å². The van der Waals surface area contributed by atoms with Crippen molar-refractivity contribution in [1.82, 2.24) is 9.99 Å². The smallest absolute Gasteiger partial charge is 0.260 e. The standard InChI is InChI=1S/C16H21N3O2/c1-12-8-13(10-16(2,3)9-12)17-18-14(20)11-19-7-5-4-6-15(19)21/h4-8H,9-11H2,1-3H3,(H,18,20)/b17-13-. The highest BCUT2D eigenvalue weighted by Crippen LogP contribution is 2.33. The summed E-state index contributed by atoms with van der Waals surface area (Å²) in [5.41, 5.74) is 4.63. The molecule has 0 aliphatic heterocycles. The fourth-order valence-electron chi connectivity index (χ4n) is 2.68. The number of hydrogen-bond donors (Lipinski definition) is 1. The molecule has 1 N–H and O–H groups in total. The Morgan fingerprint density at radius 1 is 1.38 bits per heavy atom. The van der Waals surface area contributed by atoms with Gasteiger partial charge in [0.1, 0.15) is 6.54 Å². The number of hydrogen-bond acceptors (Lipinski definition) is 3. The van der Waals surface area contributed by atoms with Gasteiger partial charge in [0, 0.05) is 12.3 Å². The van der Waals surface area contributed by atoms with Crippen molar-refractivity contribution in [1.29, 1.82) is 0 Å². The molecule has 0 saturated carbocycles. The summed E-state index contributed by atoms with van der Waals surface area (Å²) in [5, 5.41) is 4.18. The van der Waals surface area contributed by atoms with Crippen LogP contribution in [0.2, 0.25) is 0 Å². The second-order valence-electron chi connectivity index (χ2n) is 6.31. The van der Waals surface area contributed by atoms with E-state index in [-0.39, 0.29) is 23.4 Å². The number of hydrazone groups is 1. The van der Waals surface area contributed by atoms with Gasteiger partial charge in [0.15, 0.2) is 0 Å². The largest absolute Gasteiger partial charge is 0.306 e. The number of amides is 1. The van der Waals surface area contributed by atoms with E-state index in [1.165, 1.54) is 16.2 Å². The third-order valence-corrected chi connectivity index (χ3v) is 3.37. The van der Waals surface area contributed by atoms with Gasteiger partial charge >= 0.3 is 0 Å². The number of nitrogens with one attached hydrogen (secondary N) is 1. The SMILES string of the molecule is CC1=C/C(=N/NC(=O)Cn2ccccc2=O)CC(C)(C)C1. The average Bonchev–Trinajstić information content (AvgIpc) is 2.37. The highest BCUT2D eigenvalue weighted by molar-refractivity contribution is 5.97. The molecule has 5 nitrogen and oxygen atoms in total. The monoisotopic (exact) mass is 287 g/mol. The first-order chi connectivity index (χ1) is 9.85. The molecular weight excluding hydrogens is 266 g/mol. The molecule has 1 aromatic rings. The number of aromatic nitrogens is 1. The molecular formula is C16H21N3O2. The van der Waals surface area contributed by atoms with Crippen molar-refractivity contribution in [3.63, 3.8) is 0 Å². The van der Waals surface area contributed by atoms with Crippen molar-refractivity contribution in [2.45, 2.75) is 40.2 Å². The molecule has 1 aliphatic carbocycles. The van der Waals surface area contributed by atoms with E-state index >= 15 is 0 Å². The van der Waals surface area contributed by atoms with Crippen LogP contribution >= 0.6 is 0 Å². The quantitative estimate of drug-likeness (QED) is 0.865. The maximum absolute atomic E-state index is 11.9. The second kappa shape index (κ2) is 6.08. The van der Waals surface area contributed by atoms with Crippen LogP contribution in [-0.4, -0.2) is 16.2 Å². The van der Waals surface area contributed by atoms with E-state index in [4.69, 9.17) is 0 Å². The first-order valence-corrected chi connectivity index (χ1v) is 7.04. The molecule has 112 valence electrons. The van der Waals surface area contributed by atoms with Crippen LogP contribution in [0.3, 0.4) is 0 Å². The lowest BCUT2D eigenvalue weighted by Crippen LogP contribution is -2.30. The van der Waals surface area contributed by atoms with Crippen LogP contribution in [0.1, 0.15) is 33.6 Å². The van der Waals surface area contributed by atoms with Gasteiger partial charge < -0.3 is 4.57 Å². The summed E-state index contributed by atoms with van der Waals surface area (Å²) in [7, 11) is 0. The third kappa shape index (κ3) is 4.41. The molecule has 0 saturated heterocycles. The predicted octanol–water partition coefficient (Wildman–Crippen LogP) is 2.09. The Balaban J connectivity index is 2.01. The van der Waals surface area contributed by atoms with Gasteiger partial charge in [-0.3, -0.25) is 9.59 Å². The highest BCUT2D eigenvalue weighted by atomic mass is 16.2. The van der Waals surface area contributed by atoms with Crippen LogP contribution in [0.15, 0.2) is 45.9 Å². The van der Waals surface area contributed by atoms with Crippen molar-refractivity contribution >= 4 is 11.6 Å². The van der Waals surface area contributed by atoms with E-state index in [2.05, 4.69) is 31.3 Å². The fourth-order valence-corrected chi connectivity index (χ4v) is 2.68. The number of carbonyl (C=O) groups is 1. The molecule has 1 heterocycles. The van der Waals surface area contributed by atoms with Crippen LogP contribution in [0.5, 0.6) is 0 Å². The normalized spacial score (nSPS) is 19.2. The molecule has 0 unspecified atom stereocenters. The molecule has 0 spiro atoms. The molecule has 1 aromatic heterocycles. The topological polar surface area (TPSA) is 63.5 Å². The van der Waals surface area contributed by atoms with E-state index in [1.54, 1.807) is 18.3 Å². The minimum absolute atomic E-state index is 0.0253. The number of rotatable bonds is 3. The molecule has 5 heteroatoms. The second-order valence-corrected chi connectivity index (χ2v) is 6.31. The van der Waals surface area contributed by atoms with E-state index in [0.29, 0.717) is 0 Å². The fraction of sp³-hybridized carbons (Fsp3) is 0.438. The summed E-state index contributed by atoms with van der Waals surface area (Å²) in [6.07, 6.45) is 5.47. The summed E-state index contributed by atoms with van der Waals surface area (Å²) >= 11 is 0. The van der Waals surface area contributed by atoms with Crippen molar-refractivity contribution in [2.75, 3.05) is 0 Å². The van der Waals surface area contributed by atoms with Crippen LogP contribution < -0.4 is 11.0 Å². The highest BCUT2D eigenvalue weighted by Gasteiger charge is 2.24. The Bertz CT molecular complexity index is 653. The first-order valence-electron chi connectivity index (χ1n) is 7.04. The van der Waals surface area contributed by atoms with E-state index in [9.17, 15) is 9.59 Å². The number of carbonyl (C=O) groups excluding carboxylic acids is 1. The van der Waals surface area contributed by atoms with Gasteiger partial charge in [-0.1, -0.05) is 25.5 Å². The van der Waals surface area contributed by atoms with Crippen LogP contribution in [0.4, 0.5) is 0 Å². The first kappa shape index (κ1) is 15.2. The van der Waals surface area contributed by atoms with Crippen molar-refractivity contribution in [3.05, 3.63) is 46.4 Å². The summed E-state index contributed by atoms with van der Waals surface area (Å²) in [6, 6.07) is 4.79. The number of pyridine rings is 1. The molecule has 2 rings (SSSR count). The zero-order valence-corrected chi connectivity index (χ0v) is 12.7. The van der Waals surface area contributed by atoms with E-state index < -0.39 is 0 Å². The molecule has 1 amide bonds. The third-order valence-electron chi connectivity index (χ3n) is 3.37. The lowest BCUT2D eigenvalue weighted by Gasteiger charge is -2.29. The lowest BCUT2D eigenvalue weighted by molar-refractivity contribution is -0.121. The Kier molecular flexibility index (Phi) is 4.40. The summed E-state index contributed by atoms with van der Waals surface area (Å²) < 4.78 is 1.35. The molecule has 0 aromatic carbocycles. The Labute approximate surface area is 124 Å². The Morgan fingerprint density at radius 3 is 2.81 bits per heavy atom. The summed E-state index contributed by atoms with van der Waals surface area (Å²) in [5.74, 6) is -0.301. The van der Waals surface area contributed by atoms with Gasteiger partial charge in [-0.05, 0) is 37.3 Å². The molecule has 0 atom stereocenters. The minimum atomic E-state index is -0.301.